The van der Waals surface area contributed by atoms with Crippen molar-refractivity contribution in [3.8, 4) is 11.8 Å². The zero-order valence-corrected chi connectivity index (χ0v) is 12.9. The van der Waals surface area contributed by atoms with E-state index in [4.69, 9.17) is 5.26 Å². The standard InChI is InChI=1S/C18H17F4NO/c19-16(12-23)3-1-2-13-4-6-14(7-5-13)15-8-10-17(11-9-15)24-18(20,21)22/h1-3,8-11,13-14H,4-7H2/t13-,14-. The van der Waals surface area contributed by atoms with Crippen LogP contribution in [0.25, 0.3) is 0 Å². The SMILES string of the molecule is N#CC(F)=CC=C[C@H]1CC[C@H](c2ccc(OC(F)(F)F)cc2)CC1. The molecule has 0 aliphatic heterocycles. The minimum atomic E-state index is -4.68. The summed E-state index contributed by atoms with van der Waals surface area (Å²) in [7, 11) is 0. The van der Waals surface area contributed by atoms with Gasteiger partial charge in [0.1, 0.15) is 11.8 Å². The van der Waals surface area contributed by atoms with Crippen molar-refractivity contribution < 1.29 is 22.3 Å². The van der Waals surface area contributed by atoms with Crippen LogP contribution in [0.2, 0.25) is 0 Å². The largest absolute Gasteiger partial charge is 0.573 e. The molecule has 1 fully saturated rings. The zero-order chi connectivity index (χ0) is 17.6. The molecule has 1 saturated carbocycles. The molecule has 1 aliphatic rings. The highest BCUT2D eigenvalue weighted by molar-refractivity contribution is 5.30. The number of ether oxygens (including phenoxy) is 1. The smallest absolute Gasteiger partial charge is 0.406 e. The van der Waals surface area contributed by atoms with E-state index in [1.807, 2.05) is 6.08 Å². The van der Waals surface area contributed by atoms with Gasteiger partial charge in [0.15, 0.2) is 5.83 Å². The summed E-state index contributed by atoms with van der Waals surface area (Å²) in [6.45, 7) is 0. The van der Waals surface area contributed by atoms with Gasteiger partial charge in [-0.25, -0.2) is 0 Å². The van der Waals surface area contributed by atoms with Gasteiger partial charge >= 0.3 is 6.36 Å². The van der Waals surface area contributed by atoms with Gasteiger partial charge in [-0.15, -0.1) is 13.2 Å². The maximum Gasteiger partial charge on any atom is 0.573 e. The zero-order valence-electron chi connectivity index (χ0n) is 12.9. The molecular weight excluding hydrogens is 322 g/mol. The van der Waals surface area contributed by atoms with Gasteiger partial charge in [-0.3, -0.25) is 0 Å². The Morgan fingerprint density at radius 3 is 2.29 bits per heavy atom. The average Bonchev–Trinajstić information content (AvgIpc) is 2.54. The van der Waals surface area contributed by atoms with E-state index >= 15 is 0 Å². The summed E-state index contributed by atoms with van der Waals surface area (Å²) in [5.74, 6) is -0.395. The Morgan fingerprint density at radius 1 is 1.12 bits per heavy atom. The van der Waals surface area contributed by atoms with Gasteiger partial charge in [0.05, 0.1) is 0 Å². The van der Waals surface area contributed by atoms with E-state index in [-0.39, 0.29) is 5.75 Å². The van der Waals surface area contributed by atoms with Crippen LogP contribution in [0, 0.1) is 17.2 Å². The van der Waals surface area contributed by atoms with Crippen molar-refractivity contribution in [2.75, 3.05) is 0 Å². The number of nitriles is 1. The first kappa shape index (κ1) is 18.1. The van der Waals surface area contributed by atoms with Crippen LogP contribution in [0.15, 0.2) is 48.3 Å². The van der Waals surface area contributed by atoms with Crippen molar-refractivity contribution in [1.29, 1.82) is 5.26 Å². The predicted molar refractivity (Wildman–Crippen MR) is 81.8 cm³/mol. The van der Waals surface area contributed by atoms with Crippen molar-refractivity contribution in [2.24, 2.45) is 5.92 Å². The Kier molecular flexibility index (Phi) is 6.02. The molecule has 1 aromatic carbocycles. The Morgan fingerprint density at radius 2 is 1.75 bits per heavy atom. The second-order valence-electron chi connectivity index (χ2n) is 5.74. The summed E-state index contributed by atoms with van der Waals surface area (Å²) < 4.78 is 53.0. The summed E-state index contributed by atoms with van der Waals surface area (Å²) in [6.07, 6.45) is 3.60. The molecule has 0 unspecified atom stereocenters. The van der Waals surface area contributed by atoms with Crippen LogP contribution in [-0.4, -0.2) is 6.36 Å². The van der Waals surface area contributed by atoms with Gasteiger partial charge < -0.3 is 4.74 Å². The van der Waals surface area contributed by atoms with Gasteiger partial charge in [0.2, 0.25) is 0 Å². The van der Waals surface area contributed by atoms with Gasteiger partial charge in [0, 0.05) is 0 Å². The monoisotopic (exact) mass is 339 g/mol. The average molecular weight is 339 g/mol. The molecule has 24 heavy (non-hydrogen) atoms. The van der Waals surface area contributed by atoms with E-state index in [9.17, 15) is 17.6 Å². The molecule has 0 spiro atoms. The van der Waals surface area contributed by atoms with Crippen molar-refractivity contribution in [1.82, 2.24) is 0 Å². The molecule has 0 heterocycles. The molecule has 0 amide bonds. The molecule has 2 nitrogen and oxygen atoms in total. The Labute approximate surface area is 138 Å². The van der Waals surface area contributed by atoms with E-state index in [0.29, 0.717) is 11.8 Å². The highest BCUT2D eigenvalue weighted by atomic mass is 19.4. The van der Waals surface area contributed by atoms with Gasteiger partial charge in [0.25, 0.3) is 0 Å². The number of rotatable bonds is 4. The molecule has 6 heteroatoms. The number of allylic oxidation sites excluding steroid dienone is 4. The lowest BCUT2D eigenvalue weighted by atomic mass is 9.78. The minimum Gasteiger partial charge on any atom is -0.406 e. The van der Waals surface area contributed by atoms with Crippen LogP contribution in [-0.2, 0) is 0 Å². The third-order valence-corrected chi connectivity index (χ3v) is 4.09. The van der Waals surface area contributed by atoms with Crippen LogP contribution < -0.4 is 4.74 Å². The Bertz CT molecular complexity index is 632. The van der Waals surface area contributed by atoms with Crippen molar-refractivity contribution in [3.63, 3.8) is 0 Å². The van der Waals surface area contributed by atoms with Crippen molar-refractivity contribution in [2.45, 2.75) is 38.0 Å². The van der Waals surface area contributed by atoms with Crippen LogP contribution >= 0.6 is 0 Å². The lowest BCUT2D eigenvalue weighted by Crippen LogP contribution is -2.17. The van der Waals surface area contributed by atoms with E-state index in [1.165, 1.54) is 18.2 Å². The Hall–Kier alpha value is -2.29. The van der Waals surface area contributed by atoms with Crippen LogP contribution in [0.5, 0.6) is 5.75 Å². The topological polar surface area (TPSA) is 33.0 Å². The molecule has 0 atom stereocenters. The molecule has 2 rings (SSSR count). The van der Waals surface area contributed by atoms with E-state index in [0.717, 1.165) is 37.3 Å². The molecule has 1 aromatic rings. The second kappa shape index (κ2) is 8.00. The molecule has 1 aliphatic carbocycles. The van der Waals surface area contributed by atoms with Gasteiger partial charge in [-0.05, 0) is 61.3 Å². The fourth-order valence-corrected chi connectivity index (χ4v) is 2.92. The minimum absolute atomic E-state index is 0.214. The third kappa shape index (κ3) is 5.73. The predicted octanol–water partition coefficient (Wildman–Crippen LogP) is 5.79. The molecular formula is C18H17F4NO. The van der Waals surface area contributed by atoms with Crippen molar-refractivity contribution in [3.05, 3.63) is 53.9 Å². The maximum atomic E-state index is 12.7. The van der Waals surface area contributed by atoms with Crippen molar-refractivity contribution >= 4 is 0 Å². The van der Waals surface area contributed by atoms with Gasteiger partial charge in [-0.2, -0.15) is 9.65 Å². The first-order valence-electron chi connectivity index (χ1n) is 7.67. The molecule has 0 radical (unpaired) electrons. The number of hydrogen-bond donors (Lipinski definition) is 0. The van der Waals surface area contributed by atoms with Gasteiger partial charge in [-0.1, -0.05) is 24.3 Å². The van der Waals surface area contributed by atoms with E-state index in [1.54, 1.807) is 18.2 Å². The van der Waals surface area contributed by atoms with Crippen LogP contribution in [0.4, 0.5) is 17.6 Å². The maximum absolute atomic E-state index is 12.7. The summed E-state index contributed by atoms with van der Waals surface area (Å²) >= 11 is 0. The lowest BCUT2D eigenvalue weighted by molar-refractivity contribution is -0.274. The number of benzene rings is 1. The summed E-state index contributed by atoms with van der Waals surface area (Å²) in [4.78, 5) is 0. The van der Waals surface area contributed by atoms with E-state index in [2.05, 4.69) is 4.74 Å². The highest BCUT2D eigenvalue weighted by Gasteiger charge is 2.31. The molecule has 0 bridgehead atoms. The number of alkyl halides is 3. The number of hydrogen-bond acceptors (Lipinski definition) is 2. The fraction of sp³-hybridized carbons (Fsp3) is 0.389. The lowest BCUT2D eigenvalue weighted by Gasteiger charge is -2.27. The number of halogens is 4. The first-order valence-corrected chi connectivity index (χ1v) is 7.67. The highest BCUT2D eigenvalue weighted by Crippen LogP contribution is 2.37. The van der Waals surface area contributed by atoms with E-state index < -0.39 is 12.2 Å². The first-order chi connectivity index (χ1) is 11.4. The summed E-state index contributed by atoms with van der Waals surface area (Å²) in [5, 5.41) is 8.32. The van der Waals surface area contributed by atoms with Crippen LogP contribution in [0.1, 0.15) is 37.2 Å². The van der Waals surface area contributed by atoms with Crippen LogP contribution in [0.3, 0.4) is 0 Å². The molecule has 128 valence electrons. The summed E-state index contributed by atoms with van der Waals surface area (Å²) in [5.41, 5.74) is 1.00. The quantitative estimate of drug-likeness (QED) is 0.395. The Balaban J connectivity index is 1.87. The molecule has 0 saturated heterocycles. The summed E-state index contributed by atoms with van der Waals surface area (Å²) in [6, 6.07) is 7.43. The third-order valence-electron chi connectivity index (χ3n) is 4.09. The second-order valence-corrected chi connectivity index (χ2v) is 5.74. The molecule has 0 N–H and O–H groups in total. The normalized spacial score (nSPS) is 22.4. The molecule has 0 aromatic heterocycles. The fourth-order valence-electron chi connectivity index (χ4n) is 2.92. The number of nitrogens with zero attached hydrogens (tertiary/aromatic N) is 1.